The van der Waals surface area contributed by atoms with Crippen LogP contribution >= 0.6 is 11.8 Å². The molecule has 24 heavy (non-hydrogen) atoms. The fraction of sp³-hybridized carbons (Fsp3) is 0.0625. The van der Waals surface area contributed by atoms with Crippen LogP contribution in [-0.4, -0.2) is 36.3 Å². The fourth-order valence-corrected chi connectivity index (χ4v) is 3.17. The zero-order valence-corrected chi connectivity index (χ0v) is 13.2. The van der Waals surface area contributed by atoms with Crippen LogP contribution in [0.5, 0.6) is 5.75 Å². The normalized spacial score (nSPS) is 11.2. The lowest BCUT2D eigenvalue weighted by molar-refractivity contribution is -0.113. The molecule has 3 N–H and O–H groups in total. The summed E-state index contributed by atoms with van der Waals surface area (Å²) in [6, 6.07) is 14.1. The number of fused-ring (bicyclic) bond motifs is 3. The molecule has 2 heterocycles. The number of para-hydroxylation sites is 2. The van der Waals surface area contributed by atoms with Gasteiger partial charge < -0.3 is 10.4 Å². The lowest BCUT2D eigenvalue weighted by Crippen LogP contribution is -2.14. The van der Waals surface area contributed by atoms with Gasteiger partial charge in [-0.15, -0.1) is 5.10 Å². The zero-order chi connectivity index (χ0) is 16.5. The first-order valence-corrected chi connectivity index (χ1v) is 8.22. The van der Waals surface area contributed by atoms with E-state index in [9.17, 15) is 9.90 Å². The van der Waals surface area contributed by atoms with Crippen LogP contribution in [0.1, 0.15) is 0 Å². The van der Waals surface area contributed by atoms with Gasteiger partial charge in [0.15, 0.2) is 5.16 Å². The number of hydrogen-bond acceptors (Lipinski definition) is 5. The smallest absolute Gasteiger partial charge is 0.234 e. The van der Waals surface area contributed by atoms with Crippen LogP contribution in [0.4, 0.5) is 5.69 Å². The fourth-order valence-electron chi connectivity index (χ4n) is 2.41. The summed E-state index contributed by atoms with van der Waals surface area (Å²) in [4.78, 5) is 16.5. The van der Waals surface area contributed by atoms with Crippen molar-refractivity contribution < 1.29 is 9.90 Å². The Morgan fingerprint density at radius 1 is 1.21 bits per heavy atom. The Bertz CT molecular complexity index is 1020. The molecule has 7 nitrogen and oxygen atoms in total. The van der Waals surface area contributed by atoms with Crippen molar-refractivity contribution in [2.45, 2.75) is 5.16 Å². The van der Waals surface area contributed by atoms with Gasteiger partial charge in [-0.25, -0.2) is 10.1 Å². The van der Waals surface area contributed by atoms with Crippen LogP contribution in [-0.2, 0) is 4.79 Å². The lowest BCUT2D eigenvalue weighted by Gasteiger charge is -2.04. The molecule has 0 aliphatic heterocycles. The maximum Gasteiger partial charge on any atom is 0.234 e. The van der Waals surface area contributed by atoms with E-state index in [-0.39, 0.29) is 17.4 Å². The van der Waals surface area contributed by atoms with Gasteiger partial charge >= 0.3 is 0 Å². The van der Waals surface area contributed by atoms with E-state index in [0.29, 0.717) is 16.6 Å². The second kappa shape index (κ2) is 5.89. The van der Waals surface area contributed by atoms with Crippen molar-refractivity contribution in [1.29, 1.82) is 0 Å². The summed E-state index contributed by atoms with van der Waals surface area (Å²) in [6.45, 7) is 0. The van der Waals surface area contributed by atoms with Crippen LogP contribution in [0.15, 0.2) is 53.7 Å². The van der Waals surface area contributed by atoms with Crippen LogP contribution in [0.3, 0.4) is 0 Å². The van der Waals surface area contributed by atoms with Crippen LogP contribution in [0, 0.1) is 0 Å². The van der Waals surface area contributed by atoms with Gasteiger partial charge in [-0.05, 0) is 36.4 Å². The predicted octanol–water partition coefficient (Wildman–Crippen LogP) is 2.65. The van der Waals surface area contributed by atoms with Crippen LogP contribution < -0.4 is 5.32 Å². The van der Waals surface area contributed by atoms with E-state index in [1.165, 1.54) is 23.9 Å². The summed E-state index contributed by atoms with van der Waals surface area (Å²) in [7, 11) is 0. The summed E-state index contributed by atoms with van der Waals surface area (Å²) in [5, 5.41) is 19.8. The molecular weight excluding hydrogens is 326 g/mol. The molecule has 0 fully saturated rings. The van der Waals surface area contributed by atoms with Crippen molar-refractivity contribution >= 4 is 40.2 Å². The quantitative estimate of drug-likeness (QED) is 0.392. The molecule has 0 saturated carbocycles. The summed E-state index contributed by atoms with van der Waals surface area (Å²) >= 11 is 1.33. The maximum absolute atomic E-state index is 12.1. The van der Waals surface area contributed by atoms with Crippen molar-refractivity contribution in [1.82, 2.24) is 19.6 Å². The molecular formula is C16H13N5O2S. The van der Waals surface area contributed by atoms with E-state index in [0.717, 1.165) is 11.0 Å². The molecule has 1 amide bonds. The van der Waals surface area contributed by atoms with E-state index in [4.69, 9.17) is 0 Å². The van der Waals surface area contributed by atoms with Gasteiger partial charge in [0.1, 0.15) is 5.75 Å². The number of carbonyl (C=O) groups is 1. The zero-order valence-electron chi connectivity index (χ0n) is 12.4. The molecule has 8 heteroatoms. The number of nitrogens with one attached hydrogen (secondary N) is 2. The molecule has 2 aromatic heterocycles. The highest BCUT2D eigenvalue weighted by Crippen LogP contribution is 2.23. The number of imidazole rings is 1. The van der Waals surface area contributed by atoms with Crippen LogP contribution in [0.2, 0.25) is 0 Å². The van der Waals surface area contributed by atoms with Crippen LogP contribution in [0.25, 0.3) is 16.8 Å². The van der Waals surface area contributed by atoms with E-state index < -0.39 is 0 Å². The van der Waals surface area contributed by atoms with Gasteiger partial charge in [-0.1, -0.05) is 23.9 Å². The molecule has 0 aliphatic carbocycles. The number of phenolic OH excluding ortho intramolecular Hbond substituents is 1. The average molecular weight is 339 g/mol. The number of benzene rings is 2. The molecule has 2 aromatic carbocycles. The van der Waals surface area contributed by atoms with Crippen molar-refractivity contribution in [3.8, 4) is 5.75 Å². The Labute approximate surface area is 140 Å². The van der Waals surface area contributed by atoms with Gasteiger partial charge in [0, 0.05) is 5.69 Å². The summed E-state index contributed by atoms with van der Waals surface area (Å²) in [5.41, 5.74) is 2.46. The van der Waals surface area contributed by atoms with Crippen molar-refractivity contribution in [2.24, 2.45) is 0 Å². The molecule has 0 unspecified atom stereocenters. The van der Waals surface area contributed by atoms with Gasteiger partial charge in [0.25, 0.3) is 0 Å². The Hall–Kier alpha value is -3.00. The number of carbonyl (C=O) groups excluding carboxylic acids is 1. The number of phenols is 1. The third kappa shape index (κ3) is 2.67. The number of thioether (sulfide) groups is 1. The van der Waals surface area contributed by atoms with Gasteiger partial charge in [0.2, 0.25) is 11.7 Å². The number of aromatic hydroxyl groups is 1. The third-order valence-electron chi connectivity index (χ3n) is 3.49. The van der Waals surface area contributed by atoms with E-state index >= 15 is 0 Å². The van der Waals surface area contributed by atoms with Crippen molar-refractivity contribution in [3.63, 3.8) is 0 Å². The van der Waals surface area contributed by atoms with E-state index in [1.54, 1.807) is 12.1 Å². The first kappa shape index (κ1) is 14.6. The van der Waals surface area contributed by atoms with Crippen molar-refractivity contribution in [3.05, 3.63) is 48.5 Å². The summed E-state index contributed by atoms with van der Waals surface area (Å²) in [6.07, 6.45) is 0. The Morgan fingerprint density at radius 3 is 2.83 bits per heavy atom. The summed E-state index contributed by atoms with van der Waals surface area (Å²) < 4.78 is 1.90. The number of hydrogen-bond donors (Lipinski definition) is 3. The number of nitrogens with zero attached hydrogens (tertiary/aromatic N) is 3. The molecule has 0 spiro atoms. The summed E-state index contributed by atoms with van der Waals surface area (Å²) in [5.74, 6) is 0.880. The van der Waals surface area contributed by atoms with Gasteiger partial charge in [-0.3, -0.25) is 9.20 Å². The lowest BCUT2D eigenvalue weighted by atomic mass is 10.3. The SMILES string of the molecule is O=C(CSc1n[nH]c2nc3ccccc3n12)Nc1ccc(O)cc1. The molecule has 0 radical (unpaired) electrons. The number of aromatic amines is 1. The number of anilines is 1. The average Bonchev–Trinajstić information content (AvgIpc) is 3.14. The Balaban J connectivity index is 1.50. The molecule has 4 aromatic rings. The van der Waals surface area contributed by atoms with Gasteiger partial charge in [0.05, 0.1) is 16.8 Å². The minimum atomic E-state index is -0.147. The van der Waals surface area contributed by atoms with Gasteiger partial charge in [-0.2, -0.15) is 0 Å². The molecule has 0 aliphatic rings. The van der Waals surface area contributed by atoms with Crippen molar-refractivity contribution in [2.75, 3.05) is 11.1 Å². The molecule has 120 valence electrons. The number of rotatable bonds is 4. The highest BCUT2D eigenvalue weighted by molar-refractivity contribution is 7.99. The first-order chi connectivity index (χ1) is 11.7. The number of amides is 1. The number of H-pyrrole nitrogens is 1. The molecule has 4 rings (SSSR count). The van der Waals surface area contributed by atoms with E-state index in [1.807, 2.05) is 28.7 Å². The molecule has 0 atom stereocenters. The minimum Gasteiger partial charge on any atom is -0.508 e. The monoisotopic (exact) mass is 339 g/mol. The molecule has 0 saturated heterocycles. The highest BCUT2D eigenvalue weighted by Gasteiger charge is 2.13. The Kier molecular flexibility index (Phi) is 3.58. The maximum atomic E-state index is 12.1. The molecule has 0 bridgehead atoms. The standard InChI is InChI=1S/C16H13N5O2S/c22-11-7-5-10(6-8-11)17-14(23)9-24-16-20-19-15-18-12-3-1-2-4-13(12)21(15)16/h1-8,22H,9H2,(H,17,23)(H,18,19). The van der Waals surface area contributed by atoms with E-state index in [2.05, 4.69) is 20.5 Å². The second-order valence-corrected chi connectivity index (χ2v) is 6.09. The highest BCUT2D eigenvalue weighted by atomic mass is 32.2. The largest absolute Gasteiger partial charge is 0.508 e. The predicted molar refractivity (Wildman–Crippen MR) is 92.3 cm³/mol. The topological polar surface area (TPSA) is 95.3 Å². The second-order valence-electron chi connectivity index (χ2n) is 5.15. The Morgan fingerprint density at radius 2 is 2.00 bits per heavy atom. The minimum absolute atomic E-state index is 0.147. The number of aromatic nitrogens is 4. The third-order valence-corrected chi connectivity index (χ3v) is 4.43. The first-order valence-electron chi connectivity index (χ1n) is 7.24.